The number of hydrogen-bond donors (Lipinski definition) is 1. The number of amides is 3. The fraction of sp³-hybridized carbons (Fsp3) is 0.115. The van der Waals surface area contributed by atoms with Gasteiger partial charge in [-0.3, -0.25) is 19.3 Å². The van der Waals surface area contributed by atoms with E-state index in [9.17, 15) is 14.4 Å². The maximum atomic E-state index is 12.8. The first kappa shape index (κ1) is 24.9. The lowest BCUT2D eigenvalue weighted by atomic mass is 10.2. The van der Waals surface area contributed by atoms with Crippen molar-refractivity contribution < 1.29 is 19.1 Å². The van der Waals surface area contributed by atoms with Gasteiger partial charge < -0.3 is 10.1 Å². The van der Waals surface area contributed by atoms with E-state index in [1.54, 1.807) is 48.5 Å². The van der Waals surface area contributed by atoms with E-state index in [1.165, 1.54) is 0 Å². The summed E-state index contributed by atoms with van der Waals surface area (Å²) in [5.41, 5.74) is 3.05. The molecule has 0 saturated carbocycles. The molecule has 4 rings (SSSR count). The minimum atomic E-state index is -0.390. The van der Waals surface area contributed by atoms with E-state index < -0.39 is 0 Å². The number of rotatable bonds is 7. The van der Waals surface area contributed by atoms with Crippen LogP contribution in [0.5, 0.6) is 5.75 Å². The maximum absolute atomic E-state index is 12.8. The van der Waals surface area contributed by atoms with Crippen LogP contribution >= 0.6 is 35.0 Å². The molecule has 178 valence electrons. The molecule has 0 unspecified atom stereocenters. The summed E-state index contributed by atoms with van der Waals surface area (Å²) in [6, 6.07) is 19.3. The Balaban J connectivity index is 1.36. The van der Waals surface area contributed by atoms with Crippen molar-refractivity contribution in [3.63, 3.8) is 0 Å². The number of anilines is 1. The average molecular weight is 527 g/mol. The largest absolute Gasteiger partial charge is 0.484 e. The molecule has 0 radical (unpaired) electrons. The number of nitrogens with zero attached hydrogens (tertiary/aromatic N) is 1. The first-order valence-corrected chi connectivity index (χ1v) is 12.1. The molecule has 1 heterocycles. The molecule has 0 atom stereocenters. The van der Waals surface area contributed by atoms with Gasteiger partial charge in [0.05, 0.1) is 11.4 Å². The van der Waals surface area contributed by atoms with E-state index in [-0.39, 0.29) is 30.2 Å². The monoisotopic (exact) mass is 526 g/mol. The third kappa shape index (κ3) is 6.25. The molecule has 3 aromatic rings. The fourth-order valence-corrected chi connectivity index (χ4v) is 4.62. The molecule has 1 aliphatic rings. The third-order valence-corrected chi connectivity index (χ3v) is 6.68. The van der Waals surface area contributed by atoms with Crippen LogP contribution in [0.4, 0.5) is 10.5 Å². The number of ether oxygens (including phenoxy) is 1. The lowest BCUT2D eigenvalue weighted by Gasteiger charge is -2.13. The first-order chi connectivity index (χ1) is 16.8. The molecule has 1 N–H and O–H groups in total. The van der Waals surface area contributed by atoms with E-state index in [1.807, 2.05) is 31.2 Å². The van der Waals surface area contributed by atoms with E-state index in [2.05, 4.69) is 5.32 Å². The molecular weight excluding hydrogens is 507 g/mol. The minimum absolute atomic E-state index is 0.0648. The molecule has 0 bridgehead atoms. The van der Waals surface area contributed by atoms with E-state index in [0.717, 1.165) is 33.5 Å². The summed E-state index contributed by atoms with van der Waals surface area (Å²) in [6.45, 7) is 1.84. The number of thioether (sulfide) groups is 1. The number of carbonyl (C=O) groups excluding carboxylic acids is 3. The number of halogens is 2. The molecule has 35 heavy (non-hydrogen) atoms. The summed E-state index contributed by atoms with van der Waals surface area (Å²) < 4.78 is 5.56. The van der Waals surface area contributed by atoms with Crippen molar-refractivity contribution in [1.82, 2.24) is 4.90 Å². The summed E-state index contributed by atoms with van der Waals surface area (Å²) in [4.78, 5) is 38.8. The van der Waals surface area contributed by atoms with Gasteiger partial charge in [0.15, 0.2) is 6.61 Å². The average Bonchev–Trinajstić information content (AvgIpc) is 3.09. The zero-order valence-corrected chi connectivity index (χ0v) is 20.9. The first-order valence-electron chi connectivity index (χ1n) is 10.6. The van der Waals surface area contributed by atoms with Crippen LogP contribution in [0.2, 0.25) is 10.0 Å². The Morgan fingerprint density at radius 2 is 1.80 bits per heavy atom. The van der Waals surface area contributed by atoms with Gasteiger partial charge in [-0.2, -0.15) is 0 Å². The Labute approximate surface area is 216 Å². The van der Waals surface area contributed by atoms with Gasteiger partial charge in [-0.1, -0.05) is 59.6 Å². The van der Waals surface area contributed by atoms with Gasteiger partial charge in [-0.05, 0) is 71.8 Å². The highest BCUT2D eigenvalue weighted by Crippen LogP contribution is 2.34. The topological polar surface area (TPSA) is 75.7 Å². The number of benzene rings is 3. The summed E-state index contributed by atoms with van der Waals surface area (Å²) in [6.07, 6.45) is 1.64. The number of hydrogen-bond acceptors (Lipinski definition) is 5. The van der Waals surface area contributed by atoms with Crippen molar-refractivity contribution in [3.05, 3.63) is 98.4 Å². The lowest BCUT2D eigenvalue weighted by molar-refractivity contribution is -0.123. The van der Waals surface area contributed by atoms with Crippen LogP contribution < -0.4 is 10.1 Å². The molecule has 9 heteroatoms. The van der Waals surface area contributed by atoms with Gasteiger partial charge in [-0.15, -0.1) is 0 Å². The van der Waals surface area contributed by atoms with E-state index in [4.69, 9.17) is 27.9 Å². The summed E-state index contributed by atoms with van der Waals surface area (Å²) in [5, 5.41) is 3.31. The molecule has 1 saturated heterocycles. The Bertz CT molecular complexity index is 1330. The number of carbonyl (C=O) groups is 3. The highest BCUT2D eigenvalue weighted by molar-refractivity contribution is 8.18. The van der Waals surface area contributed by atoms with Crippen molar-refractivity contribution in [2.24, 2.45) is 0 Å². The summed E-state index contributed by atoms with van der Waals surface area (Å²) >= 11 is 13.0. The minimum Gasteiger partial charge on any atom is -0.484 e. The Morgan fingerprint density at radius 1 is 1.06 bits per heavy atom. The number of para-hydroxylation sites is 1. The van der Waals surface area contributed by atoms with Crippen molar-refractivity contribution in [2.75, 3.05) is 11.9 Å². The summed E-state index contributed by atoms with van der Waals surface area (Å²) in [7, 11) is 0. The quantitative estimate of drug-likeness (QED) is 0.353. The second-order valence-electron chi connectivity index (χ2n) is 7.72. The Kier molecular flexibility index (Phi) is 7.80. The van der Waals surface area contributed by atoms with Crippen molar-refractivity contribution >= 4 is 63.8 Å². The number of aryl methyl sites for hydroxylation is 1. The predicted octanol–water partition coefficient (Wildman–Crippen LogP) is 6.56. The van der Waals surface area contributed by atoms with Gasteiger partial charge in [0.2, 0.25) is 0 Å². The molecule has 6 nitrogen and oxygen atoms in total. The zero-order chi connectivity index (χ0) is 24.9. The van der Waals surface area contributed by atoms with Crippen LogP contribution in [0.3, 0.4) is 0 Å². The normalized spacial score (nSPS) is 14.5. The standard InChI is InChI=1S/C26H20Cl2N2O4S/c1-16-4-2-3-5-22(16)29-24(31)15-34-20-10-6-17(7-11-20)12-23-25(32)30(26(33)35-23)14-18-8-9-19(27)13-21(18)28/h2-13H,14-15H2,1H3,(H,29,31)/b23-12-. The van der Waals surface area contributed by atoms with Crippen LogP contribution in [-0.4, -0.2) is 28.6 Å². The van der Waals surface area contributed by atoms with E-state index in [0.29, 0.717) is 26.3 Å². The second-order valence-corrected chi connectivity index (χ2v) is 9.56. The van der Waals surface area contributed by atoms with Gasteiger partial charge in [-0.25, -0.2) is 0 Å². The maximum Gasteiger partial charge on any atom is 0.293 e. The molecule has 0 aromatic heterocycles. The summed E-state index contributed by atoms with van der Waals surface area (Å²) in [5.74, 6) is -0.148. The molecule has 3 aromatic carbocycles. The molecule has 3 amide bonds. The van der Waals surface area contributed by atoms with Gasteiger partial charge in [0, 0.05) is 15.7 Å². The fourth-order valence-electron chi connectivity index (χ4n) is 3.32. The SMILES string of the molecule is Cc1ccccc1NC(=O)COc1ccc(/C=C2\SC(=O)N(Cc3ccc(Cl)cc3Cl)C2=O)cc1. The molecule has 1 aliphatic heterocycles. The number of imide groups is 1. The van der Waals surface area contributed by atoms with Crippen LogP contribution in [0.25, 0.3) is 6.08 Å². The highest BCUT2D eigenvalue weighted by atomic mass is 35.5. The van der Waals surface area contributed by atoms with Crippen molar-refractivity contribution in [2.45, 2.75) is 13.5 Å². The van der Waals surface area contributed by atoms with Crippen molar-refractivity contribution in [3.8, 4) is 5.75 Å². The third-order valence-electron chi connectivity index (χ3n) is 5.18. The van der Waals surface area contributed by atoms with Crippen LogP contribution in [0, 0.1) is 6.92 Å². The van der Waals surface area contributed by atoms with Gasteiger partial charge in [0.25, 0.3) is 17.1 Å². The van der Waals surface area contributed by atoms with Crippen molar-refractivity contribution in [1.29, 1.82) is 0 Å². The molecular formula is C26H20Cl2N2O4S. The molecule has 1 fully saturated rings. The van der Waals surface area contributed by atoms with Crippen LogP contribution in [0.1, 0.15) is 16.7 Å². The lowest BCUT2D eigenvalue weighted by Crippen LogP contribution is -2.27. The number of nitrogens with one attached hydrogen (secondary N) is 1. The molecule has 0 spiro atoms. The Morgan fingerprint density at radius 3 is 2.51 bits per heavy atom. The van der Waals surface area contributed by atoms with Gasteiger partial charge in [0.1, 0.15) is 5.75 Å². The highest BCUT2D eigenvalue weighted by Gasteiger charge is 2.35. The predicted molar refractivity (Wildman–Crippen MR) is 140 cm³/mol. The van der Waals surface area contributed by atoms with Gasteiger partial charge >= 0.3 is 0 Å². The zero-order valence-electron chi connectivity index (χ0n) is 18.6. The van der Waals surface area contributed by atoms with Crippen LogP contribution in [-0.2, 0) is 16.1 Å². The second kappa shape index (κ2) is 11.0. The smallest absolute Gasteiger partial charge is 0.293 e. The molecule has 0 aliphatic carbocycles. The Hall–Kier alpha value is -3.26. The van der Waals surface area contributed by atoms with Crippen LogP contribution in [0.15, 0.2) is 71.6 Å². The van der Waals surface area contributed by atoms with E-state index >= 15 is 0 Å².